The lowest BCUT2D eigenvalue weighted by Gasteiger charge is -2.36. The van der Waals surface area contributed by atoms with E-state index in [0.717, 1.165) is 11.8 Å². The summed E-state index contributed by atoms with van der Waals surface area (Å²) in [6.07, 6.45) is 8.43. The molecule has 2 saturated carbocycles. The highest BCUT2D eigenvalue weighted by molar-refractivity contribution is 7.80. The molecule has 0 aromatic heterocycles. The van der Waals surface area contributed by atoms with E-state index >= 15 is 0 Å². The minimum Gasteiger partial charge on any atom is -0.375 e. The molecule has 0 heterocycles. The Bertz CT molecular complexity index is 311. The van der Waals surface area contributed by atoms with Gasteiger partial charge in [0.15, 0.2) is 5.11 Å². The lowest BCUT2D eigenvalue weighted by Crippen LogP contribution is -2.38. The van der Waals surface area contributed by atoms with Gasteiger partial charge < -0.3 is 11.2 Å². The van der Waals surface area contributed by atoms with Gasteiger partial charge in [0.1, 0.15) is 0 Å². The largest absolute Gasteiger partial charge is 0.375 e. The van der Waals surface area contributed by atoms with E-state index in [-0.39, 0.29) is 5.11 Å². The van der Waals surface area contributed by atoms with Crippen LogP contribution in [0.25, 0.3) is 0 Å². The number of hydrogen-bond acceptors (Lipinski definition) is 2. The van der Waals surface area contributed by atoms with Crippen LogP contribution in [0, 0.1) is 23.2 Å². The van der Waals surface area contributed by atoms with Gasteiger partial charge in [0, 0.05) is 6.20 Å². The zero-order chi connectivity index (χ0) is 11.8. The number of hydrazine groups is 1. The molecular weight excluding hydrogens is 218 g/mol. The Balaban J connectivity index is 1.92. The molecule has 0 aromatic carbocycles. The highest BCUT2D eigenvalue weighted by Gasteiger charge is 2.51. The average Bonchev–Trinajstić information content (AvgIpc) is 2.72. The Morgan fingerprint density at radius 1 is 1.44 bits per heavy atom. The van der Waals surface area contributed by atoms with E-state index in [2.05, 4.69) is 30.8 Å². The van der Waals surface area contributed by atoms with Crippen LogP contribution in [-0.4, -0.2) is 5.11 Å². The van der Waals surface area contributed by atoms with Gasteiger partial charge >= 0.3 is 0 Å². The summed E-state index contributed by atoms with van der Waals surface area (Å²) in [7, 11) is 0. The van der Waals surface area contributed by atoms with E-state index in [4.69, 9.17) is 18.0 Å². The van der Waals surface area contributed by atoms with Crippen LogP contribution in [0.3, 0.4) is 0 Å². The van der Waals surface area contributed by atoms with Crippen LogP contribution in [0.15, 0.2) is 12.3 Å². The molecule has 16 heavy (non-hydrogen) atoms. The van der Waals surface area contributed by atoms with Crippen LogP contribution in [0.2, 0.25) is 0 Å². The van der Waals surface area contributed by atoms with Crippen molar-refractivity contribution in [1.29, 1.82) is 0 Å². The van der Waals surface area contributed by atoms with Crippen molar-refractivity contribution in [2.45, 2.75) is 33.1 Å². The highest BCUT2D eigenvalue weighted by Crippen LogP contribution is 2.59. The molecule has 3 nitrogen and oxygen atoms in total. The van der Waals surface area contributed by atoms with E-state index in [0.29, 0.717) is 11.3 Å². The molecule has 2 rings (SSSR count). The lowest BCUT2D eigenvalue weighted by atomic mass is 9.69. The molecule has 0 radical (unpaired) electrons. The maximum absolute atomic E-state index is 5.32. The van der Waals surface area contributed by atoms with Gasteiger partial charge in [0.25, 0.3) is 0 Å². The highest BCUT2D eigenvalue weighted by atomic mass is 32.1. The summed E-state index contributed by atoms with van der Waals surface area (Å²) < 4.78 is 0. The molecule has 0 spiro atoms. The Labute approximate surface area is 103 Å². The van der Waals surface area contributed by atoms with Crippen molar-refractivity contribution in [1.82, 2.24) is 10.9 Å². The lowest BCUT2D eigenvalue weighted by molar-refractivity contribution is 0.158. The molecule has 2 aliphatic rings. The minimum absolute atomic E-state index is 0.275. The molecule has 0 unspecified atom stereocenters. The summed E-state index contributed by atoms with van der Waals surface area (Å²) in [6.45, 7) is 4.79. The number of nitrogens with one attached hydrogen (secondary N) is 2. The third-order valence-corrected chi connectivity index (χ3v) is 4.58. The van der Waals surface area contributed by atoms with Gasteiger partial charge in [0.2, 0.25) is 0 Å². The van der Waals surface area contributed by atoms with Crippen molar-refractivity contribution in [3.63, 3.8) is 0 Å². The van der Waals surface area contributed by atoms with Crippen LogP contribution in [0.1, 0.15) is 33.1 Å². The number of nitrogens with two attached hydrogens (primary N) is 1. The van der Waals surface area contributed by atoms with Gasteiger partial charge in [-0.1, -0.05) is 19.9 Å². The maximum atomic E-state index is 5.32. The Hall–Kier alpha value is -0.770. The summed E-state index contributed by atoms with van der Waals surface area (Å²) in [4.78, 5) is 0. The Morgan fingerprint density at radius 3 is 2.75 bits per heavy atom. The number of thiocarbonyl (C=S) groups is 1. The average molecular weight is 239 g/mol. The summed E-state index contributed by atoms with van der Waals surface area (Å²) in [5, 5.41) is 0.275. The van der Waals surface area contributed by atoms with Crippen molar-refractivity contribution in [3.8, 4) is 0 Å². The first-order chi connectivity index (χ1) is 7.51. The first kappa shape index (κ1) is 11.7. The molecule has 2 bridgehead atoms. The van der Waals surface area contributed by atoms with E-state index in [9.17, 15) is 0 Å². The number of rotatable bonds is 3. The third kappa shape index (κ3) is 2.03. The van der Waals surface area contributed by atoms with E-state index < -0.39 is 0 Å². The SMILES string of the molecule is CC1(C)[C@H]2CC[C@@H](C2)[C@H]1/C=C\NNC(N)=S. The van der Waals surface area contributed by atoms with Gasteiger partial charge in [-0.25, -0.2) is 0 Å². The van der Waals surface area contributed by atoms with Crippen molar-refractivity contribution in [3.05, 3.63) is 12.3 Å². The van der Waals surface area contributed by atoms with Crippen LogP contribution in [0.5, 0.6) is 0 Å². The van der Waals surface area contributed by atoms with E-state index in [1.54, 1.807) is 0 Å². The van der Waals surface area contributed by atoms with Crippen molar-refractivity contribution in [2.75, 3.05) is 0 Å². The van der Waals surface area contributed by atoms with Crippen molar-refractivity contribution < 1.29 is 0 Å². The number of fused-ring (bicyclic) bond motifs is 2. The minimum atomic E-state index is 0.275. The zero-order valence-corrected chi connectivity index (χ0v) is 10.8. The molecule has 0 aliphatic heterocycles. The van der Waals surface area contributed by atoms with Crippen LogP contribution in [-0.2, 0) is 0 Å². The third-order valence-electron chi connectivity index (χ3n) is 4.47. The zero-order valence-electron chi connectivity index (χ0n) is 9.99. The maximum Gasteiger partial charge on any atom is 0.182 e. The predicted molar refractivity (Wildman–Crippen MR) is 70.3 cm³/mol. The molecule has 90 valence electrons. The summed E-state index contributed by atoms with van der Waals surface area (Å²) >= 11 is 4.71. The molecular formula is C12H21N3S. The van der Waals surface area contributed by atoms with E-state index in [1.165, 1.54) is 19.3 Å². The molecule has 0 amide bonds. The number of hydrogen-bond donors (Lipinski definition) is 3. The molecule has 4 N–H and O–H groups in total. The second-order valence-corrected chi connectivity index (χ2v) is 6.05. The van der Waals surface area contributed by atoms with E-state index in [1.807, 2.05) is 6.20 Å². The van der Waals surface area contributed by atoms with Gasteiger partial charge in [0.05, 0.1) is 0 Å². The fourth-order valence-corrected chi connectivity index (χ4v) is 3.63. The van der Waals surface area contributed by atoms with Crippen LogP contribution < -0.4 is 16.6 Å². The summed E-state index contributed by atoms with van der Waals surface area (Å²) in [6, 6.07) is 0. The monoisotopic (exact) mass is 239 g/mol. The van der Waals surface area contributed by atoms with Crippen LogP contribution >= 0.6 is 12.2 Å². The summed E-state index contributed by atoms with van der Waals surface area (Å²) in [5.41, 5.74) is 11.4. The predicted octanol–water partition coefficient (Wildman–Crippen LogP) is 1.91. The Morgan fingerprint density at radius 2 is 2.19 bits per heavy atom. The number of allylic oxidation sites excluding steroid dienone is 1. The second-order valence-electron chi connectivity index (χ2n) is 5.61. The molecule has 0 saturated heterocycles. The Kier molecular flexibility index (Phi) is 3.10. The molecule has 2 fully saturated rings. The fraction of sp³-hybridized carbons (Fsp3) is 0.750. The quantitative estimate of drug-likeness (QED) is 0.520. The standard InChI is InChI=1S/C12H21N3S/c1-12(2)9-4-3-8(7-9)10(12)5-6-14-15-11(13)16/h5-6,8-10,14H,3-4,7H2,1-2H3,(H3,13,15,16)/b6-5-/t8-,9-,10+/m0/s1. The van der Waals surface area contributed by atoms with Crippen molar-refractivity contribution in [2.24, 2.45) is 28.9 Å². The molecule has 0 aromatic rings. The fourth-order valence-electron chi connectivity index (χ4n) is 3.57. The van der Waals surface area contributed by atoms with Gasteiger partial charge in [-0.15, -0.1) is 0 Å². The molecule has 3 atom stereocenters. The smallest absolute Gasteiger partial charge is 0.182 e. The summed E-state index contributed by atoms with van der Waals surface area (Å²) in [5.74, 6) is 2.48. The topological polar surface area (TPSA) is 50.1 Å². The first-order valence-electron chi connectivity index (χ1n) is 5.99. The normalized spacial score (nSPS) is 35.5. The van der Waals surface area contributed by atoms with Gasteiger partial charge in [-0.2, -0.15) is 0 Å². The second kappa shape index (κ2) is 4.24. The van der Waals surface area contributed by atoms with Crippen LogP contribution in [0.4, 0.5) is 0 Å². The molecule has 2 aliphatic carbocycles. The van der Waals surface area contributed by atoms with Gasteiger partial charge in [-0.05, 0) is 54.6 Å². The first-order valence-corrected chi connectivity index (χ1v) is 6.40. The van der Waals surface area contributed by atoms with Gasteiger partial charge in [-0.3, -0.25) is 5.43 Å². The molecule has 4 heteroatoms. The van der Waals surface area contributed by atoms with Crippen molar-refractivity contribution >= 4 is 17.3 Å².